The predicted octanol–water partition coefficient (Wildman–Crippen LogP) is 4.10. The smallest absolute Gasteiger partial charge is 0.0129 e. The molecule has 0 radical (unpaired) electrons. The van der Waals surface area contributed by atoms with E-state index in [1.165, 1.54) is 11.1 Å². The minimum Gasteiger partial charge on any atom is -0.0841 e. The second-order valence-corrected chi connectivity index (χ2v) is 3.79. The Labute approximate surface area is 86.0 Å². The van der Waals surface area contributed by atoms with Gasteiger partial charge in [0.25, 0.3) is 0 Å². The van der Waals surface area contributed by atoms with Crippen LogP contribution in [0.15, 0.2) is 59.8 Å². The molecule has 2 aliphatic carbocycles. The van der Waals surface area contributed by atoms with Crippen LogP contribution in [0.1, 0.15) is 25.7 Å². The average Bonchev–Trinajstić information content (AvgIpc) is 2.86. The Morgan fingerprint density at radius 1 is 0.857 bits per heavy atom. The standard InChI is InChI=1S/C14H16/c1-2-8-13(7-1)11-5-6-12-14-9-3-4-10-14/h1-7,9H,8,10-12H2. The van der Waals surface area contributed by atoms with Gasteiger partial charge in [0, 0.05) is 0 Å². The maximum Gasteiger partial charge on any atom is -0.0129 e. The lowest BCUT2D eigenvalue weighted by atomic mass is 10.1. The van der Waals surface area contributed by atoms with Crippen molar-refractivity contribution in [2.24, 2.45) is 0 Å². The first-order chi connectivity index (χ1) is 6.95. The van der Waals surface area contributed by atoms with E-state index in [-0.39, 0.29) is 0 Å². The van der Waals surface area contributed by atoms with Crippen molar-refractivity contribution in [3.05, 3.63) is 59.8 Å². The van der Waals surface area contributed by atoms with Gasteiger partial charge in [-0.25, -0.2) is 0 Å². The molecule has 2 rings (SSSR count). The fourth-order valence-electron chi connectivity index (χ4n) is 1.76. The summed E-state index contributed by atoms with van der Waals surface area (Å²) in [5.74, 6) is 0. The van der Waals surface area contributed by atoms with Crippen molar-refractivity contribution in [1.29, 1.82) is 0 Å². The Hall–Kier alpha value is -1.30. The van der Waals surface area contributed by atoms with Gasteiger partial charge in [-0.15, -0.1) is 0 Å². The minimum atomic E-state index is 1.12. The van der Waals surface area contributed by atoms with Gasteiger partial charge >= 0.3 is 0 Å². The lowest BCUT2D eigenvalue weighted by molar-refractivity contribution is 1.09. The van der Waals surface area contributed by atoms with Crippen molar-refractivity contribution in [3.63, 3.8) is 0 Å². The highest BCUT2D eigenvalue weighted by Crippen LogP contribution is 2.17. The van der Waals surface area contributed by atoms with E-state index in [2.05, 4.69) is 48.6 Å². The van der Waals surface area contributed by atoms with Crippen molar-refractivity contribution in [2.75, 3.05) is 0 Å². The molecule has 0 spiro atoms. The summed E-state index contributed by atoms with van der Waals surface area (Å²) in [6.07, 6.45) is 22.3. The van der Waals surface area contributed by atoms with E-state index in [0.29, 0.717) is 0 Å². The molecule has 2 aliphatic rings. The molecule has 0 heterocycles. The van der Waals surface area contributed by atoms with Gasteiger partial charge in [0.1, 0.15) is 0 Å². The van der Waals surface area contributed by atoms with Crippen molar-refractivity contribution in [2.45, 2.75) is 25.7 Å². The topological polar surface area (TPSA) is 0 Å². The maximum atomic E-state index is 2.29. The summed E-state index contributed by atoms with van der Waals surface area (Å²) in [6, 6.07) is 0. The zero-order valence-electron chi connectivity index (χ0n) is 8.45. The molecule has 0 aliphatic heterocycles. The molecule has 0 saturated heterocycles. The summed E-state index contributed by atoms with van der Waals surface area (Å²) in [7, 11) is 0. The molecule has 0 bridgehead atoms. The molecule has 0 saturated carbocycles. The van der Waals surface area contributed by atoms with Gasteiger partial charge in [0.2, 0.25) is 0 Å². The van der Waals surface area contributed by atoms with E-state index in [0.717, 1.165) is 25.7 Å². The Bertz CT molecular complexity index is 301. The molecule has 0 N–H and O–H groups in total. The van der Waals surface area contributed by atoms with Crippen molar-refractivity contribution in [3.8, 4) is 0 Å². The molecule has 0 aromatic rings. The van der Waals surface area contributed by atoms with Crippen LogP contribution in [0.25, 0.3) is 0 Å². The average molecular weight is 184 g/mol. The van der Waals surface area contributed by atoms with Crippen molar-refractivity contribution >= 4 is 0 Å². The van der Waals surface area contributed by atoms with E-state index in [1.54, 1.807) is 0 Å². The van der Waals surface area contributed by atoms with E-state index < -0.39 is 0 Å². The molecule has 0 atom stereocenters. The van der Waals surface area contributed by atoms with Gasteiger partial charge in [-0.05, 0) is 25.7 Å². The van der Waals surface area contributed by atoms with Crippen LogP contribution in [0.2, 0.25) is 0 Å². The van der Waals surface area contributed by atoms with Gasteiger partial charge in [-0.2, -0.15) is 0 Å². The van der Waals surface area contributed by atoms with Gasteiger partial charge in [-0.3, -0.25) is 0 Å². The first-order valence-electron chi connectivity index (χ1n) is 5.29. The van der Waals surface area contributed by atoms with Crippen LogP contribution in [-0.4, -0.2) is 0 Å². The van der Waals surface area contributed by atoms with Gasteiger partial charge in [0.15, 0.2) is 0 Å². The van der Waals surface area contributed by atoms with Crippen LogP contribution < -0.4 is 0 Å². The molecule has 0 heteroatoms. The third-order valence-corrected chi connectivity index (χ3v) is 2.62. The quantitative estimate of drug-likeness (QED) is 0.577. The molecule has 0 fully saturated rings. The molecule has 0 amide bonds. The van der Waals surface area contributed by atoms with Gasteiger partial charge in [-0.1, -0.05) is 59.8 Å². The number of hydrogen-bond donors (Lipinski definition) is 0. The van der Waals surface area contributed by atoms with E-state index in [9.17, 15) is 0 Å². The molecule has 72 valence electrons. The Morgan fingerprint density at radius 3 is 1.71 bits per heavy atom. The highest BCUT2D eigenvalue weighted by molar-refractivity contribution is 5.27. The SMILES string of the molecule is C1=CCC(CC=CCC2=CC=CC2)=C1. The third-order valence-electron chi connectivity index (χ3n) is 2.62. The molecule has 0 aromatic carbocycles. The molecule has 0 nitrogen and oxygen atoms in total. The highest BCUT2D eigenvalue weighted by atomic mass is 14.0. The van der Waals surface area contributed by atoms with Crippen LogP contribution in [0.5, 0.6) is 0 Å². The monoisotopic (exact) mass is 184 g/mol. The summed E-state index contributed by atoms with van der Waals surface area (Å²) >= 11 is 0. The molecule has 14 heavy (non-hydrogen) atoms. The van der Waals surface area contributed by atoms with E-state index >= 15 is 0 Å². The zero-order chi connectivity index (χ0) is 9.64. The lowest BCUT2D eigenvalue weighted by Gasteiger charge is -1.96. The highest BCUT2D eigenvalue weighted by Gasteiger charge is 1.97. The molecule has 0 aromatic heterocycles. The van der Waals surface area contributed by atoms with Gasteiger partial charge < -0.3 is 0 Å². The van der Waals surface area contributed by atoms with Crippen LogP contribution in [0.4, 0.5) is 0 Å². The van der Waals surface area contributed by atoms with Crippen LogP contribution in [-0.2, 0) is 0 Å². The fourth-order valence-corrected chi connectivity index (χ4v) is 1.76. The first-order valence-corrected chi connectivity index (χ1v) is 5.29. The van der Waals surface area contributed by atoms with Crippen molar-refractivity contribution < 1.29 is 0 Å². The Kier molecular flexibility index (Phi) is 3.18. The van der Waals surface area contributed by atoms with E-state index in [1.807, 2.05) is 0 Å². The van der Waals surface area contributed by atoms with Crippen LogP contribution >= 0.6 is 0 Å². The molecular weight excluding hydrogens is 168 g/mol. The third kappa shape index (κ3) is 2.59. The Balaban J connectivity index is 1.68. The van der Waals surface area contributed by atoms with Crippen molar-refractivity contribution in [1.82, 2.24) is 0 Å². The second-order valence-electron chi connectivity index (χ2n) is 3.79. The summed E-state index contributed by atoms with van der Waals surface area (Å²) in [6.45, 7) is 0. The maximum absolute atomic E-state index is 2.29. The van der Waals surface area contributed by atoms with Gasteiger partial charge in [0.05, 0.1) is 0 Å². The second kappa shape index (κ2) is 4.80. The number of hydrogen-bond acceptors (Lipinski definition) is 0. The summed E-state index contributed by atoms with van der Waals surface area (Å²) in [5, 5.41) is 0. The van der Waals surface area contributed by atoms with Crippen LogP contribution in [0.3, 0.4) is 0 Å². The van der Waals surface area contributed by atoms with Crippen LogP contribution in [0, 0.1) is 0 Å². The largest absolute Gasteiger partial charge is 0.0841 e. The zero-order valence-corrected chi connectivity index (χ0v) is 8.45. The minimum absolute atomic E-state index is 1.12. The Morgan fingerprint density at radius 2 is 1.36 bits per heavy atom. The first kappa shape index (κ1) is 9.26. The summed E-state index contributed by atoms with van der Waals surface area (Å²) in [5.41, 5.74) is 3.06. The number of rotatable bonds is 4. The van der Waals surface area contributed by atoms with E-state index in [4.69, 9.17) is 0 Å². The normalized spacial score (nSPS) is 19.4. The predicted molar refractivity (Wildman–Crippen MR) is 62.1 cm³/mol. The summed E-state index contributed by atoms with van der Waals surface area (Å²) in [4.78, 5) is 0. The molecular formula is C14H16. The molecule has 0 unspecified atom stereocenters. The fraction of sp³-hybridized carbons (Fsp3) is 0.286. The number of allylic oxidation sites excluding steroid dienone is 10. The summed E-state index contributed by atoms with van der Waals surface area (Å²) < 4.78 is 0. The lowest BCUT2D eigenvalue weighted by Crippen LogP contribution is -1.76.